The number of hydrogen-bond donors (Lipinski definition) is 0. The van der Waals surface area contributed by atoms with Crippen molar-refractivity contribution in [3.05, 3.63) is 91.1 Å². The first kappa shape index (κ1) is 12.7. The molecular weight excluding hydrogens is 268 g/mol. The van der Waals surface area contributed by atoms with E-state index in [1.54, 1.807) is 0 Å². The van der Waals surface area contributed by atoms with E-state index < -0.39 is 0 Å². The van der Waals surface area contributed by atoms with E-state index in [0.29, 0.717) is 0 Å². The van der Waals surface area contributed by atoms with Gasteiger partial charge in [-0.2, -0.15) is 4.40 Å². The first-order valence-corrected chi connectivity index (χ1v) is 7.34. The number of rotatable bonds is 2. The molecule has 0 spiro atoms. The monoisotopic (exact) mass is 283 g/mol. The molecule has 2 aromatic heterocycles. The molecule has 0 unspecified atom stereocenters. The van der Waals surface area contributed by atoms with Crippen molar-refractivity contribution in [2.75, 3.05) is 0 Å². The number of fused-ring (bicyclic) bond motifs is 1. The lowest BCUT2D eigenvalue weighted by molar-refractivity contribution is -0.502. The van der Waals surface area contributed by atoms with Gasteiger partial charge >= 0.3 is 5.65 Å². The van der Waals surface area contributed by atoms with Crippen molar-refractivity contribution in [1.82, 2.24) is 4.98 Å². The largest absolute Gasteiger partial charge is 0.328 e. The molecule has 0 bridgehead atoms. The maximum Gasteiger partial charge on any atom is 0.328 e. The zero-order valence-electron chi connectivity index (χ0n) is 12.1. The molecule has 0 aliphatic heterocycles. The number of pyridine rings is 1. The number of hydrogen-bond acceptors (Lipinski definition) is 1. The van der Waals surface area contributed by atoms with Gasteiger partial charge in [-0.1, -0.05) is 66.7 Å². The zero-order chi connectivity index (χ0) is 14.8. The van der Waals surface area contributed by atoms with Gasteiger partial charge in [0.25, 0.3) is 0 Å². The Labute approximate surface area is 129 Å². The van der Waals surface area contributed by atoms with Crippen molar-refractivity contribution in [3.8, 4) is 22.5 Å². The van der Waals surface area contributed by atoms with Crippen LogP contribution in [0.15, 0.2) is 91.1 Å². The second-order valence-electron chi connectivity index (χ2n) is 5.19. The van der Waals surface area contributed by atoms with Crippen LogP contribution in [0, 0.1) is 0 Å². The van der Waals surface area contributed by atoms with Crippen LogP contribution in [0.25, 0.3) is 28.2 Å². The summed E-state index contributed by atoms with van der Waals surface area (Å²) in [5.74, 6) is 0. The van der Waals surface area contributed by atoms with Gasteiger partial charge in [0, 0.05) is 23.3 Å². The average molecular weight is 283 g/mol. The van der Waals surface area contributed by atoms with Crippen molar-refractivity contribution in [1.29, 1.82) is 0 Å². The lowest BCUT2D eigenvalue weighted by atomic mass is 10.1. The summed E-state index contributed by atoms with van der Waals surface area (Å²) in [6.07, 6.45) is 2.06. The normalized spacial score (nSPS) is 10.7. The minimum atomic E-state index is 0.947. The van der Waals surface area contributed by atoms with Crippen LogP contribution in [0.2, 0.25) is 0 Å². The third-order valence-electron chi connectivity index (χ3n) is 3.75. The molecule has 0 saturated heterocycles. The Bertz CT molecular complexity index is 916. The van der Waals surface area contributed by atoms with Crippen LogP contribution in [-0.2, 0) is 0 Å². The van der Waals surface area contributed by atoms with Gasteiger partial charge in [-0.25, -0.2) is 0 Å². The van der Waals surface area contributed by atoms with Crippen LogP contribution >= 0.6 is 0 Å². The molecule has 0 N–H and O–H groups in total. The summed E-state index contributed by atoms with van der Waals surface area (Å²) in [5.41, 5.74) is 5.40. The van der Waals surface area contributed by atoms with E-state index in [9.17, 15) is 0 Å². The van der Waals surface area contributed by atoms with E-state index in [0.717, 1.165) is 22.6 Å². The van der Waals surface area contributed by atoms with Crippen molar-refractivity contribution in [3.63, 3.8) is 0 Å². The van der Waals surface area contributed by atoms with Crippen molar-refractivity contribution >= 4 is 5.65 Å². The van der Waals surface area contributed by atoms with Crippen LogP contribution in [0.1, 0.15) is 0 Å². The summed E-state index contributed by atoms with van der Waals surface area (Å²) < 4.78 is 2.13. The fourth-order valence-electron chi connectivity index (χ4n) is 2.67. The molecule has 0 atom stereocenters. The average Bonchev–Trinajstić information content (AvgIpc) is 2.62. The van der Waals surface area contributed by atoms with E-state index in [4.69, 9.17) is 4.98 Å². The van der Waals surface area contributed by atoms with Crippen LogP contribution in [0.3, 0.4) is 0 Å². The standard InChI is InChI=1S/C20H15N2/c1-3-9-16(10-4-1)18-15-19(17-11-5-2-6-12-17)22-14-8-7-13-20(22)21-18/h1-15H/q+1. The molecule has 2 heterocycles. The third kappa shape index (κ3) is 2.25. The topological polar surface area (TPSA) is 17.0 Å². The van der Waals surface area contributed by atoms with Gasteiger partial charge in [0.2, 0.25) is 0 Å². The molecular formula is C20H15N2+. The molecule has 2 heteroatoms. The van der Waals surface area contributed by atoms with Crippen LogP contribution in [0.4, 0.5) is 0 Å². The molecule has 2 aromatic carbocycles. The summed E-state index contributed by atoms with van der Waals surface area (Å²) in [6.45, 7) is 0. The molecule has 0 amide bonds. The minimum Gasteiger partial charge on any atom is -0.196 e. The summed E-state index contributed by atoms with van der Waals surface area (Å²) in [5, 5.41) is 0. The fourth-order valence-corrected chi connectivity index (χ4v) is 2.67. The second kappa shape index (κ2) is 5.41. The molecule has 104 valence electrons. The zero-order valence-corrected chi connectivity index (χ0v) is 12.1. The molecule has 0 fully saturated rings. The van der Waals surface area contributed by atoms with Crippen molar-refractivity contribution in [2.45, 2.75) is 0 Å². The lowest BCUT2D eigenvalue weighted by Gasteiger charge is -2.04. The quantitative estimate of drug-likeness (QED) is 0.505. The van der Waals surface area contributed by atoms with E-state index in [-0.39, 0.29) is 0 Å². The summed E-state index contributed by atoms with van der Waals surface area (Å²) >= 11 is 0. The van der Waals surface area contributed by atoms with Gasteiger partial charge in [-0.05, 0) is 11.1 Å². The molecule has 0 aliphatic rings. The molecule has 2 nitrogen and oxygen atoms in total. The summed E-state index contributed by atoms with van der Waals surface area (Å²) in [7, 11) is 0. The highest BCUT2D eigenvalue weighted by molar-refractivity contribution is 5.67. The predicted octanol–water partition coefficient (Wildman–Crippen LogP) is 4.15. The highest BCUT2D eigenvalue weighted by Gasteiger charge is 2.16. The van der Waals surface area contributed by atoms with Gasteiger partial charge in [0.05, 0.1) is 6.20 Å². The van der Waals surface area contributed by atoms with Crippen LogP contribution in [-0.4, -0.2) is 4.98 Å². The van der Waals surface area contributed by atoms with Gasteiger partial charge in [0.15, 0.2) is 5.69 Å². The Kier molecular flexibility index (Phi) is 3.13. The highest BCUT2D eigenvalue weighted by atomic mass is 15.0. The summed E-state index contributed by atoms with van der Waals surface area (Å²) in [6, 6.07) is 29.0. The third-order valence-corrected chi connectivity index (χ3v) is 3.75. The maximum absolute atomic E-state index is 4.79. The summed E-state index contributed by atoms with van der Waals surface area (Å²) in [4.78, 5) is 4.79. The Morgan fingerprint density at radius 1 is 0.636 bits per heavy atom. The van der Waals surface area contributed by atoms with Gasteiger partial charge < -0.3 is 0 Å². The molecule has 4 rings (SSSR count). The minimum absolute atomic E-state index is 0.947. The van der Waals surface area contributed by atoms with Crippen molar-refractivity contribution < 1.29 is 4.40 Å². The van der Waals surface area contributed by atoms with E-state index in [1.165, 1.54) is 5.56 Å². The van der Waals surface area contributed by atoms with E-state index in [2.05, 4.69) is 53.1 Å². The van der Waals surface area contributed by atoms with Crippen LogP contribution in [0.5, 0.6) is 0 Å². The SMILES string of the molecule is c1ccc(-c2cc(-c3ccccc3)[n+]3ccccc3n2)cc1. The number of benzene rings is 2. The molecule has 4 aromatic rings. The smallest absolute Gasteiger partial charge is 0.196 e. The Balaban J connectivity index is 2.02. The van der Waals surface area contributed by atoms with Crippen molar-refractivity contribution in [2.24, 2.45) is 0 Å². The van der Waals surface area contributed by atoms with Crippen LogP contribution < -0.4 is 4.40 Å². The molecule has 0 aliphatic carbocycles. The molecule has 0 saturated carbocycles. The first-order valence-electron chi connectivity index (χ1n) is 7.34. The second-order valence-corrected chi connectivity index (χ2v) is 5.19. The highest BCUT2D eigenvalue weighted by Crippen LogP contribution is 2.22. The first-order chi connectivity index (χ1) is 10.9. The van der Waals surface area contributed by atoms with Gasteiger partial charge in [-0.3, -0.25) is 0 Å². The lowest BCUT2D eigenvalue weighted by Crippen LogP contribution is -2.25. The fraction of sp³-hybridized carbons (Fsp3) is 0. The predicted molar refractivity (Wildman–Crippen MR) is 88.3 cm³/mol. The van der Waals surface area contributed by atoms with Gasteiger partial charge in [0.1, 0.15) is 5.69 Å². The van der Waals surface area contributed by atoms with Gasteiger partial charge in [-0.15, -0.1) is 0 Å². The maximum atomic E-state index is 4.79. The Morgan fingerprint density at radius 3 is 2.00 bits per heavy atom. The van der Waals surface area contributed by atoms with E-state index in [1.807, 2.05) is 42.5 Å². The molecule has 22 heavy (non-hydrogen) atoms. The molecule has 0 radical (unpaired) electrons. The van der Waals surface area contributed by atoms with E-state index >= 15 is 0 Å². The number of nitrogens with zero attached hydrogens (tertiary/aromatic N) is 2. The Hall–Kier alpha value is -3.00. The number of aromatic nitrogens is 2. The Morgan fingerprint density at radius 2 is 1.27 bits per heavy atom.